The SMILES string of the molecule is Cc1ccc(Oc2cc(F)cc(Br)c2)c(CNC(C)C)c1. The number of benzene rings is 2. The highest BCUT2D eigenvalue weighted by Gasteiger charge is 2.08. The lowest BCUT2D eigenvalue weighted by molar-refractivity contribution is 0.464. The van der Waals surface area contributed by atoms with E-state index in [1.807, 2.05) is 19.1 Å². The van der Waals surface area contributed by atoms with Gasteiger partial charge in [0.2, 0.25) is 0 Å². The average molecular weight is 352 g/mol. The lowest BCUT2D eigenvalue weighted by Crippen LogP contribution is -2.22. The molecule has 0 aromatic heterocycles. The van der Waals surface area contributed by atoms with Crippen LogP contribution in [0.25, 0.3) is 0 Å². The lowest BCUT2D eigenvalue weighted by Gasteiger charge is -2.14. The average Bonchev–Trinajstić information content (AvgIpc) is 2.37. The Morgan fingerprint density at radius 2 is 1.95 bits per heavy atom. The van der Waals surface area contributed by atoms with Gasteiger partial charge in [0, 0.05) is 28.7 Å². The van der Waals surface area contributed by atoms with Crippen LogP contribution in [0, 0.1) is 12.7 Å². The van der Waals surface area contributed by atoms with Gasteiger partial charge in [-0.05, 0) is 25.1 Å². The van der Waals surface area contributed by atoms with E-state index >= 15 is 0 Å². The van der Waals surface area contributed by atoms with Crippen LogP contribution < -0.4 is 10.1 Å². The van der Waals surface area contributed by atoms with E-state index in [2.05, 4.69) is 41.2 Å². The highest BCUT2D eigenvalue weighted by molar-refractivity contribution is 9.10. The van der Waals surface area contributed by atoms with Crippen molar-refractivity contribution in [2.75, 3.05) is 0 Å². The fourth-order valence-electron chi connectivity index (χ4n) is 1.97. The van der Waals surface area contributed by atoms with Crippen LogP contribution in [0.2, 0.25) is 0 Å². The first-order chi connectivity index (χ1) is 9.94. The minimum absolute atomic E-state index is 0.326. The van der Waals surface area contributed by atoms with Crippen LogP contribution >= 0.6 is 15.9 Å². The van der Waals surface area contributed by atoms with Crippen molar-refractivity contribution in [2.45, 2.75) is 33.4 Å². The predicted octanol–water partition coefficient (Wildman–Crippen LogP) is 5.19. The molecule has 0 saturated heterocycles. The highest BCUT2D eigenvalue weighted by atomic mass is 79.9. The number of hydrogen-bond acceptors (Lipinski definition) is 2. The second-order valence-corrected chi connectivity index (χ2v) is 6.27. The Hall–Kier alpha value is -1.39. The zero-order chi connectivity index (χ0) is 15.4. The summed E-state index contributed by atoms with van der Waals surface area (Å²) in [5.74, 6) is 0.899. The molecule has 0 unspecified atom stereocenters. The van der Waals surface area contributed by atoms with Crippen LogP contribution in [0.15, 0.2) is 40.9 Å². The van der Waals surface area contributed by atoms with Gasteiger partial charge in [0.05, 0.1) is 0 Å². The van der Waals surface area contributed by atoms with Crippen molar-refractivity contribution >= 4 is 15.9 Å². The topological polar surface area (TPSA) is 21.3 Å². The first kappa shape index (κ1) is 16.0. The summed E-state index contributed by atoms with van der Waals surface area (Å²) in [5.41, 5.74) is 2.23. The van der Waals surface area contributed by atoms with Crippen molar-refractivity contribution in [3.63, 3.8) is 0 Å². The summed E-state index contributed by atoms with van der Waals surface area (Å²) in [7, 11) is 0. The largest absolute Gasteiger partial charge is 0.457 e. The van der Waals surface area contributed by atoms with Crippen LogP contribution in [0.1, 0.15) is 25.0 Å². The molecule has 0 aliphatic carbocycles. The minimum atomic E-state index is -0.326. The molecule has 2 nitrogen and oxygen atoms in total. The van der Waals surface area contributed by atoms with Crippen LogP contribution in [-0.4, -0.2) is 6.04 Å². The van der Waals surface area contributed by atoms with E-state index in [1.165, 1.54) is 17.7 Å². The summed E-state index contributed by atoms with van der Waals surface area (Å²) < 4.78 is 19.9. The van der Waals surface area contributed by atoms with Crippen molar-refractivity contribution < 1.29 is 9.13 Å². The van der Waals surface area contributed by atoms with Crippen molar-refractivity contribution in [3.05, 3.63) is 57.8 Å². The van der Waals surface area contributed by atoms with Gasteiger partial charge < -0.3 is 10.1 Å². The zero-order valence-electron chi connectivity index (χ0n) is 12.4. The van der Waals surface area contributed by atoms with Gasteiger partial charge in [-0.3, -0.25) is 0 Å². The van der Waals surface area contributed by atoms with Crippen LogP contribution in [-0.2, 0) is 6.54 Å². The monoisotopic (exact) mass is 351 g/mol. The van der Waals surface area contributed by atoms with Gasteiger partial charge in [-0.1, -0.05) is 47.5 Å². The third kappa shape index (κ3) is 4.83. The van der Waals surface area contributed by atoms with Crippen molar-refractivity contribution in [3.8, 4) is 11.5 Å². The molecule has 2 aromatic rings. The maximum Gasteiger partial charge on any atom is 0.131 e. The third-order valence-corrected chi connectivity index (χ3v) is 3.44. The smallest absolute Gasteiger partial charge is 0.131 e. The number of aryl methyl sites for hydroxylation is 1. The van der Waals surface area contributed by atoms with Crippen LogP contribution in [0.4, 0.5) is 4.39 Å². The maximum atomic E-state index is 13.4. The molecule has 0 saturated carbocycles. The fourth-order valence-corrected chi connectivity index (χ4v) is 2.42. The molecule has 0 heterocycles. The summed E-state index contributed by atoms with van der Waals surface area (Å²) in [4.78, 5) is 0. The second-order valence-electron chi connectivity index (χ2n) is 5.35. The summed E-state index contributed by atoms with van der Waals surface area (Å²) in [6, 6.07) is 10.9. The van der Waals surface area contributed by atoms with E-state index in [-0.39, 0.29) is 5.82 Å². The summed E-state index contributed by atoms with van der Waals surface area (Å²) in [6.07, 6.45) is 0. The summed E-state index contributed by atoms with van der Waals surface area (Å²) in [6.45, 7) is 6.95. The van der Waals surface area contributed by atoms with E-state index in [1.54, 1.807) is 6.07 Å². The van der Waals surface area contributed by atoms with E-state index in [4.69, 9.17) is 4.74 Å². The molecule has 0 radical (unpaired) electrons. The molecular weight excluding hydrogens is 333 g/mol. The van der Waals surface area contributed by atoms with Gasteiger partial charge in [-0.15, -0.1) is 0 Å². The van der Waals surface area contributed by atoms with Crippen LogP contribution in [0.3, 0.4) is 0 Å². The normalized spacial score (nSPS) is 11.0. The van der Waals surface area contributed by atoms with E-state index < -0.39 is 0 Å². The number of hydrogen-bond donors (Lipinski definition) is 1. The van der Waals surface area contributed by atoms with Gasteiger partial charge in [0.1, 0.15) is 17.3 Å². The van der Waals surface area contributed by atoms with Crippen molar-refractivity contribution in [1.29, 1.82) is 0 Å². The van der Waals surface area contributed by atoms with Crippen molar-refractivity contribution in [2.24, 2.45) is 0 Å². The molecule has 0 fully saturated rings. The van der Waals surface area contributed by atoms with Gasteiger partial charge in [0.15, 0.2) is 0 Å². The molecule has 0 amide bonds. The van der Waals surface area contributed by atoms with E-state index in [0.717, 1.165) is 11.3 Å². The van der Waals surface area contributed by atoms with Gasteiger partial charge in [0.25, 0.3) is 0 Å². The molecule has 0 aliphatic rings. The molecule has 21 heavy (non-hydrogen) atoms. The standard InChI is InChI=1S/C17H19BrFNO/c1-11(2)20-10-13-6-12(3)4-5-17(13)21-16-8-14(18)7-15(19)9-16/h4-9,11,20H,10H2,1-3H3. The second kappa shape index (κ2) is 7.05. The Labute approximate surface area is 133 Å². The molecule has 0 spiro atoms. The Bertz CT molecular complexity index is 608. The molecular formula is C17H19BrFNO. The molecule has 112 valence electrons. The van der Waals surface area contributed by atoms with E-state index in [0.29, 0.717) is 22.8 Å². The molecule has 2 rings (SSSR count). The minimum Gasteiger partial charge on any atom is -0.457 e. The molecule has 1 N–H and O–H groups in total. The van der Waals surface area contributed by atoms with Crippen LogP contribution in [0.5, 0.6) is 11.5 Å². The Morgan fingerprint density at radius 3 is 2.62 bits per heavy atom. The fraction of sp³-hybridized carbons (Fsp3) is 0.294. The predicted molar refractivity (Wildman–Crippen MR) is 87.3 cm³/mol. The number of ether oxygens (including phenoxy) is 1. The highest BCUT2D eigenvalue weighted by Crippen LogP contribution is 2.29. The molecule has 0 aliphatic heterocycles. The third-order valence-electron chi connectivity index (χ3n) is 2.98. The van der Waals surface area contributed by atoms with Gasteiger partial charge in [-0.25, -0.2) is 4.39 Å². The molecule has 0 bridgehead atoms. The van der Waals surface area contributed by atoms with Crippen molar-refractivity contribution in [1.82, 2.24) is 5.32 Å². The number of halogens is 2. The Kier molecular flexibility index (Phi) is 5.37. The summed E-state index contributed by atoms with van der Waals surface area (Å²) in [5, 5.41) is 3.37. The number of rotatable bonds is 5. The first-order valence-electron chi connectivity index (χ1n) is 6.91. The Morgan fingerprint density at radius 1 is 1.19 bits per heavy atom. The lowest BCUT2D eigenvalue weighted by atomic mass is 10.1. The number of nitrogens with one attached hydrogen (secondary N) is 1. The van der Waals surface area contributed by atoms with E-state index in [9.17, 15) is 4.39 Å². The molecule has 4 heteroatoms. The van der Waals surface area contributed by atoms with Gasteiger partial charge >= 0.3 is 0 Å². The first-order valence-corrected chi connectivity index (χ1v) is 7.70. The zero-order valence-corrected chi connectivity index (χ0v) is 14.0. The van der Waals surface area contributed by atoms with Gasteiger partial charge in [-0.2, -0.15) is 0 Å². The molecule has 0 atom stereocenters. The maximum absolute atomic E-state index is 13.4. The quantitative estimate of drug-likeness (QED) is 0.800. The molecule has 2 aromatic carbocycles. The Balaban J connectivity index is 2.25. The summed E-state index contributed by atoms with van der Waals surface area (Å²) >= 11 is 3.27.